The van der Waals surface area contributed by atoms with E-state index in [1.54, 1.807) is 24.3 Å². The van der Waals surface area contributed by atoms with Crippen LogP contribution in [-0.2, 0) is 30.3 Å². The lowest BCUT2D eigenvalue weighted by Crippen LogP contribution is -2.58. The molecule has 41 heavy (non-hydrogen) atoms. The molecule has 0 bridgehead atoms. The number of benzene rings is 1. The molecule has 6 atom stereocenters. The zero-order valence-electron chi connectivity index (χ0n) is 24.2. The van der Waals surface area contributed by atoms with Gasteiger partial charge >= 0.3 is 5.97 Å². The molecule has 0 heterocycles. The Balaban J connectivity index is 1.11. The molecule has 0 radical (unpaired) electrons. The van der Waals surface area contributed by atoms with Crippen LogP contribution in [0.15, 0.2) is 35.9 Å². The second-order valence-electron chi connectivity index (χ2n) is 13.2. The molecule has 8 nitrogen and oxygen atoms in total. The number of fused-ring (bicyclic) bond motifs is 5. The molecule has 5 rings (SSSR count). The first kappa shape index (κ1) is 29.5. The average Bonchev–Trinajstić information content (AvgIpc) is 3.23. The lowest BCUT2D eigenvalue weighted by Gasteiger charge is -2.58. The molecule has 3 fully saturated rings. The lowest BCUT2D eigenvalue weighted by atomic mass is 9.46. The van der Waals surface area contributed by atoms with E-state index < -0.39 is 29.4 Å². The minimum absolute atomic E-state index is 0.0240. The first-order valence-corrected chi connectivity index (χ1v) is 15.2. The number of ketones is 2. The molecule has 222 valence electrons. The highest BCUT2D eigenvalue weighted by Gasteiger charge is 2.66. The summed E-state index contributed by atoms with van der Waals surface area (Å²) < 4.78 is 5.25. The number of ether oxygens (including phenoxy) is 1. The summed E-state index contributed by atoms with van der Waals surface area (Å²) in [6.07, 6.45) is 8.46. The Kier molecular flexibility index (Phi) is 8.16. The lowest BCUT2D eigenvalue weighted by molar-refractivity contribution is -0.170. The minimum Gasteiger partial charge on any atom is -0.508 e. The quantitative estimate of drug-likeness (QED) is 0.383. The number of hydrogen-bond acceptors (Lipinski definition) is 7. The van der Waals surface area contributed by atoms with Gasteiger partial charge in [-0.3, -0.25) is 19.2 Å². The van der Waals surface area contributed by atoms with Crippen molar-refractivity contribution in [3.63, 3.8) is 0 Å². The largest absolute Gasteiger partial charge is 0.508 e. The van der Waals surface area contributed by atoms with E-state index in [2.05, 4.69) is 12.2 Å². The van der Waals surface area contributed by atoms with E-state index in [0.717, 1.165) is 44.1 Å². The van der Waals surface area contributed by atoms with Gasteiger partial charge in [0.05, 0.1) is 6.42 Å². The Labute approximate surface area is 241 Å². The van der Waals surface area contributed by atoms with Crippen LogP contribution in [0.4, 0.5) is 0 Å². The molecule has 0 aliphatic heterocycles. The van der Waals surface area contributed by atoms with E-state index in [1.165, 1.54) is 5.57 Å². The van der Waals surface area contributed by atoms with Gasteiger partial charge in [-0.2, -0.15) is 0 Å². The fourth-order valence-electron chi connectivity index (χ4n) is 8.68. The normalized spacial score (nSPS) is 34.1. The highest BCUT2D eigenvalue weighted by atomic mass is 16.5. The van der Waals surface area contributed by atoms with Crippen LogP contribution in [0.25, 0.3) is 0 Å². The molecule has 4 aliphatic rings. The first-order chi connectivity index (χ1) is 19.5. The van der Waals surface area contributed by atoms with Crippen LogP contribution in [0.1, 0.15) is 83.6 Å². The van der Waals surface area contributed by atoms with Crippen LogP contribution < -0.4 is 5.32 Å². The zero-order valence-corrected chi connectivity index (χ0v) is 24.2. The Morgan fingerprint density at radius 2 is 1.71 bits per heavy atom. The van der Waals surface area contributed by atoms with Crippen LogP contribution >= 0.6 is 0 Å². The number of phenolic OH excluding ortho intramolecular Hbond substituents is 1. The summed E-state index contributed by atoms with van der Waals surface area (Å²) in [6.45, 7) is 4.27. The van der Waals surface area contributed by atoms with Crippen molar-refractivity contribution >= 4 is 23.4 Å². The number of carbonyl (C=O) groups excluding carboxylic acids is 4. The molecule has 1 aromatic carbocycles. The van der Waals surface area contributed by atoms with Gasteiger partial charge in [0.25, 0.3) is 0 Å². The average molecular weight is 566 g/mol. The number of aliphatic hydroxyl groups is 1. The third-order valence-electron chi connectivity index (χ3n) is 11.2. The van der Waals surface area contributed by atoms with Crippen LogP contribution in [0.3, 0.4) is 0 Å². The number of Topliss-reactive ketones (excluding diaryl/α,β-unsaturated/α-hetero) is 1. The molecule has 1 aromatic rings. The number of hydrogen-bond donors (Lipinski definition) is 3. The third-order valence-corrected chi connectivity index (χ3v) is 11.2. The van der Waals surface area contributed by atoms with Gasteiger partial charge in [-0.1, -0.05) is 31.6 Å². The number of allylic oxidation sites excluding steroid dienone is 1. The molecule has 0 unspecified atom stereocenters. The molecule has 4 aliphatic carbocycles. The fourth-order valence-corrected chi connectivity index (χ4v) is 8.68. The van der Waals surface area contributed by atoms with E-state index in [-0.39, 0.29) is 41.6 Å². The Hall–Kier alpha value is -3.00. The molecule has 1 amide bonds. The van der Waals surface area contributed by atoms with Crippen molar-refractivity contribution < 1.29 is 34.1 Å². The summed E-state index contributed by atoms with van der Waals surface area (Å²) in [6, 6.07) is 6.74. The van der Waals surface area contributed by atoms with Crippen molar-refractivity contribution in [1.29, 1.82) is 0 Å². The number of rotatable bonds is 9. The monoisotopic (exact) mass is 565 g/mol. The fraction of sp³-hybridized carbons (Fsp3) is 0.636. The summed E-state index contributed by atoms with van der Waals surface area (Å²) in [5.41, 5.74) is 0.183. The van der Waals surface area contributed by atoms with Gasteiger partial charge in [-0.25, -0.2) is 0 Å². The second kappa shape index (κ2) is 11.3. The first-order valence-electron chi connectivity index (χ1n) is 15.2. The minimum atomic E-state index is -1.53. The topological polar surface area (TPSA) is 130 Å². The van der Waals surface area contributed by atoms with Gasteiger partial charge in [0.15, 0.2) is 12.4 Å². The van der Waals surface area contributed by atoms with Crippen LogP contribution in [0.5, 0.6) is 5.75 Å². The standard InChI is InChI=1S/C33H43NO7/c1-31-15-11-24(36)19-22(31)5-8-25-26(31)12-16-32(2)27(25)13-17-33(32,40)28(37)20-41-30(39)10-9-29(38)34-18-14-21-3-6-23(35)7-4-21/h3-4,6-7,19,25-27,35,40H,5,8-18,20H2,1-2H3,(H,34,38)/t25-,26-,27+,31+,32+,33+/m1/s1. The van der Waals surface area contributed by atoms with Gasteiger partial charge in [0.2, 0.25) is 11.7 Å². The number of nitrogens with one attached hydrogen (secondary N) is 1. The number of amides is 1. The summed E-state index contributed by atoms with van der Waals surface area (Å²) >= 11 is 0. The van der Waals surface area contributed by atoms with Crippen molar-refractivity contribution in [2.75, 3.05) is 13.2 Å². The highest BCUT2D eigenvalue weighted by Crippen LogP contribution is 2.67. The second-order valence-corrected chi connectivity index (χ2v) is 13.2. The molecule has 8 heteroatoms. The van der Waals surface area contributed by atoms with Crippen LogP contribution in [0, 0.1) is 28.6 Å². The Morgan fingerprint density at radius 1 is 0.976 bits per heavy atom. The summed E-state index contributed by atoms with van der Waals surface area (Å²) in [5.74, 6) is 0.131. The van der Waals surface area contributed by atoms with Crippen LogP contribution in [0.2, 0.25) is 0 Å². The molecular weight excluding hydrogens is 522 g/mol. The number of aromatic hydroxyl groups is 1. The van der Waals surface area contributed by atoms with Crippen molar-refractivity contribution in [2.45, 2.75) is 90.1 Å². The number of phenols is 1. The van der Waals surface area contributed by atoms with Gasteiger partial charge in [-0.05, 0) is 98.3 Å². The highest BCUT2D eigenvalue weighted by molar-refractivity contribution is 5.92. The van der Waals surface area contributed by atoms with Gasteiger partial charge in [0.1, 0.15) is 11.4 Å². The molecular formula is C33H43NO7. The zero-order chi connectivity index (χ0) is 29.4. The van der Waals surface area contributed by atoms with E-state index >= 15 is 0 Å². The van der Waals surface area contributed by atoms with Gasteiger partial charge in [0, 0.05) is 24.8 Å². The maximum Gasteiger partial charge on any atom is 0.306 e. The van der Waals surface area contributed by atoms with Gasteiger partial charge in [-0.15, -0.1) is 0 Å². The van der Waals surface area contributed by atoms with E-state index in [0.29, 0.717) is 37.6 Å². The molecule has 0 aromatic heterocycles. The van der Waals surface area contributed by atoms with Crippen LogP contribution in [-0.4, -0.2) is 52.4 Å². The predicted octanol–water partition coefficient (Wildman–Crippen LogP) is 4.21. The summed E-state index contributed by atoms with van der Waals surface area (Å²) in [5, 5.41) is 23.9. The molecule has 3 saturated carbocycles. The van der Waals surface area contributed by atoms with Crippen molar-refractivity contribution in [3.8, 4) is 5.75 Å². The molecule has 0 spiro atoms. The van der Waals surface area contributed by atoms with Crippen molar-refractivity contribution in [2.24, 2.45) is 28.6 Å². The Bertz CT molecular complexity index is 1240. The SMILES string of the molecule is C[C@]12CCC(=O)C=C1CC[C@@H]1[C@H]2CC[C@@]2(C)[C@H]1CC[C@]2(O)C(=O)COC(=O)CCC(=O)NCCc1ccc(O)cc1. The third kappa shape index (κ3) is 5.47. The van der Waals surface area contributed by atoms with Crippen molar-refractivity contribution in [1.82, 2.24) is 5.32 Å². The molecule has 0 saturated heterocycles. The predicted molar refractivity (Wildman–Crippen MR) is 152 cm³/mol. The van der Waals surface area contributed by atoms with E-state index in [1.807, 2.05) is 13.0 Å². The van der Waals surface area contributed by atoms with E-state index in [4.69, 9.17) is 4.74 Å². The Morgan fingerprint density at radius 3 is 2.46 bits per heavy atom. The molecule has 3 N–H and O–H groups in total. The van der Waals surface area contributed by atoms with E-state index in [9.17, 15) is 29.4 Å². The van der Waals surface area contributed by atoms with Crippen molar-refractivity contribution in [3.05, 3.63) is 41.5 Å². The number of esters is 1. The van der Waals surface area contributed by atoms with Gasteiger partial charge < -0.3 is 20.3 Å². The smallest absolute Gasteiger partial charge is 0.306 e. The summed E-state index contributed by atoms with van der Waals surface area (Å²) in [4.78, 5) is 50.0. The number of carbonyl (C=O) groups is 4. The maximum absolute atomic E-state index is 13.4. The summed E-state index contributed by atoms with van der Waals surface area (Å²) in [7, 11) is 0. The maximum atomic E-state index is 13.4.